The molecular weight excluding hydrogens is 238 g/mol. The van der Waals surface area contributed by atoms with Gasteiger partial charge in [-0.15, -0.1) is 0 Å². The highest BCUT2D eigenvalue weighted by Crippen LogP contribution is 2.57. The van der Waals surface area contributed by atoms with E-state index in [0.717, 1.165) is 24.3 Å². The van der Waals surface area contributed by atoms with Gasteiger partial charge in [-0.3, -0.25) is 4.79 Å². The Bertz CT molecular complexity index is 454. The van der Waals surface area contributed by atoms with E-state index < -0.39 is 0 Å². The van der Waals surface area contributed by atoms with E-state index in [9.17, 15) is 4.79 Å². The minimum absolute atomic E-state index is 0.142. The first-order valence-electron chi connectivity index (χ1n) is 6.96. The highest BCUT2D eigenvalue weighted by atomic mass is 16.5. The molecule has 104 valence electrons. The van der Waals surface area contributed by atoms with Crippen LogP contribution in [0.25, 0.3) is 0 Å². The first-order chi connectivity index (χ1) is 9.01. The van der Waals surface area contributed by atoms with E-state index >= 15 is 0 Å². The second kappa shape index (κ2) is 5.24. The Labute approximate surface area is 115 Å². The largest absolute Gasteiger partial charge is 0.497 e. The van der Waals surface area contributed by atoms with Crippen molar-refractivity contribution in [3.05, 3.63) is 24.3 Å². The van der Waals surface area contributed by atoms with Crippen LogP contribution in [0, 0.1) is 17.3 Å². The predicted octanol–water partition coefficient (Wildman–Crippen LogP) is 3.71. The van der Waals surface area contributed by atoms with Gasteiger partial charge in [-0.2, -0.15) is 0 Å². The van der Waals surface area contributed by atoms with Crippen molar-refractivity contribution >= 4 is 11.6 Å². The van der Waals surface area contributed by atoms with Crippen LogP contribution >= 0.6 is 0 Å². The van der Waals surface area contributed by atoms with Gasteiger partial charge in [0, 0.05) is 5.69 Å². The van der Waals surface area contributed by atoms with Gasteiger partial charge in [-0.05, 0) is 42.5 Å². The van der Waals surface area contributed by atoms with Gasteiger partial charge in [0.2, 0.25) is 5.91 Å². The Hall–Kier alpha value is -1.51. The van der Waals surface area contributed by atoms with Crippen LogP contribution in [0.5, 0.6) is 5.75 Å². The molecule has 0 saturated heterocycles. The van der Waals surface area contributed by atoms with Gasteiger partial charge in [-0.1, -0.05) is 27.2 Å². The van der Waals surface area contributed by atoms with Crippen molar-refractivity contribution in [3.63, 3.8) is 0 Å². The summed E-state index contributed by atoms with van der Waals surface area (Å²) in [5, 5.41) is 3.01. The lowest BCUT2D eigenvalue weighted by Crippen LogP contribution is -2.24. The first kappa shape index (κ1) is 13.9. The molecule has 19 heavy (non-hydrogen) atoms. The van der Waals surface area contributed by atoms with Crippen molar-refractivity contribution in [2.45, 2.75) is 33.6 Å². The third-order valence-corrected chi connectivity index (χ3v) is 4.50. The predicted molar refractivity (Wildman–Crippen MR) is 77.3 cm³/mol. The molecule has 1 aromatic rings. The molecule has 2 rings (SSSR count). The molecule has 1 N–H and O–H groups in total. The minimum Gasteiger partial charge on any atom is -0.497 e. The lowest BCUT2D eigenvalue weighted by atomic mass is 9.95. The monoisotopic (exact) mass is 261 g/mol. The molecule has 0 aliphatic heterocycles. The molecule has 1 aliphatic carbocycles. The van der Waals surface area contributed by atoms with Gasteiger partial charge in [0.05, 0.1) is 12.5 Å². The maximum Gasteiger partial charge on any atom is 0.230 e. The van der Waals surface area contributed by atoms with Gasteiger partial charge >= 0.3 is 0 Å². The van der Waals surface area contributed by atoms with Gasteiger partial charge < -0.3 is 10.1 Å². The van der Waals surface area contributed by atoms with Crippen LogP contribution in [0.1, 0.15) is 33.6 Å². The molecule has 0 spiro atoms. The topological polar surface area (TPSA) is 38.3 Å². The molecule has 1 fully saturated rings. The van der Waals surface area contributed by atoms with E-state index in [4.69, 9.17) is 4.74 Å². The van der Waals surface area contributed by atoms with E-state index in [1.54, 1.807) is 7.11 Å². The summed E-state index contributed by atoms with van der Waals surface area (Å²) in [6.45, 7) is 6.49. The molecule has 3 nitrogen and oxygen atoms in total. The molecular formula is C16H23NO2. The third-order valence-electron chi connectivity index (χ3n) is 4.50. The maximum absolute atomic E-state index is 12.3. The first-order valence-corrected chi connectivity index (χ1v) is 6.96. The Balaban J connectivity index is 1.98. The van der Waals surface area contributed by atoms with Crippen LogP contribution in [-0.4, -0.2) is 13.0 Å². The zero-order valence-electron chi connectivity index (χ0n) is 12.2. The smallest absolute Gasteiger partial charge is 0.230 e. The van der Waals surface area contributed by atoms with E-state index in [2.05, 4.69) is 26.1 Å². The summed E-state index contributed by atoms with van der Waals surface area (Å²) in [7, 11) is 1.63. The van der Waals surface area contributed by atoms with Gasteiger partial charge in [0.1, 0.15) is 5.75 Å². The number of carbonyl (C=O) groups is 1. The Kier molecular flexibility index (Phi) is 3.83. The fourth-order valence-electron chi connectivity index (χ4n) is 2.72. The van der Waals surface area contributed by atoms with Gasteiger partial charge in [0.15, 0.2) is 0 Å². The van der Waals surface area contributed by atoms with E-state index in [-0.39, 0.29) is 11.3 Å². The molecule has 3 heteroatoms. The van der Waals surface area contributed by atoms with Gasteiger partial charge in [-0.25, -0.2) is 0 Å². The number of anilines is 1. The molecule has 1 aliphatic rings. The molecule has 0 heterocycles. The number of rotatable bonds is 5. The van der Waals surface area contributed by atoms with Crippen molar-refractivity contribution in [1.82, 2.24) is 0 Å². The van der Waals surface area contributed by atoms with Crippen LogP contribution < -0.4 is 10.1 Å². The normalized spacial score (nSPS) is 26.6. The van der Waals surface area contributed by atoms with Crippen molar-refractivity contribution in [2.75, 3.05) is 12.4 Å². The summed E-state index contributed by atoms with van der Waals surface area (Å²) in [5.74, 6) is 2.08. The highest BCUT2D eigenvalue weighted by molar-refractivity contribution is 5.97. The fourth-order valence-corrected chi connectivity index (χ4v) is 2.72. The second-order valence-electron chi connectivity index (χ2n) is 5.80. The van der Waals surface area contributed by atoms with Crippen molar-refractivity contribution in [3.8, 4) is 5.75 Å². The minimum atomic E-state index is -0.185. The van der Waals surface area contributed by atoms with Crippen LogP contribution in [0.15, 0.2) is 24.3 Å². The number of hydrogen-bond acceptors (Lipinski definition) is 2. The molecule has 1 aromatic carbocycles. The lowest BCUT2D eigenvalue weighted by Gasteiger charge is -2.15. The summed E-state index contributed by atoms with van der Waals surface area (Å²) in [6, 6.07) is 7.47. The Morgan fingerprint density at radius 1 is 1.47 bits per heavy atom. The van der Waals surface area contributed by atoms with Crippen LogP contribution in [0.2, 0.25) is 0 Å². The van der Waals surface area contributed by atoms with E-state index in [1.165, 1.54) is 0 Å². The Morgan fingerprint density at radius 2 is 2.11 bits per heavy atom. The molecule has 1 amide bonds. The molecule has 3 atom stereocenters. The average Bonchev–Trinajstić information content (AvgIpc) is 3.12. The van der Waals surface area contributed by atoms with Crippen molar-refractivity contribution in [1.29, 1.82) is 0 Å². The van der Waals surface area contributed by atoms with Crippen LogP contribution in [0.4, 0.5) is 5.69 Å². The number of carbonyl (C=O) groups excluding carboxylic acids is 1. The number of amides is 1. The number of nitrogens with one attached hydrogen (secondary N) is 1. The molecule has 0 aromatic heterocycles. The highest BCUT2D eigenvalue weighted by Gasteiger charge is 2.57. The van der Waals surface area contributed by atoms with Gasteiger partial charge in [0.25, 0.3) is 0 Å². The van der Waals surface area contributed by atoms with Crippen molar-refractivity contribution in [2.24, 2.45) is 17.3 Å². The molecule has 0 bridgehead atoms. The SMILES string of the molecule is CCC(C)C1CC1(C)C(=O)Nc1ccc(OC)cc1. The zero-order valence-corrected chi connectivity index (χ0v) is 12.2. The van der Waals surface area contributed by atoms with Crippen LogP contribution in [0.3, 0.4) is 0 Å². The number of methoxy groups -OCH3 is 1. The van der Waals surface area contributed by atoms with Crippen LogP contribution in [-0.2, 0) is 4.79 Å². The summed E-state index contributed by atoms with van der Waals surface area (Å²) >= 11 is 0. The fraction of sp³-hybridized carbons (Fsp3) is 0.562. The van der Waals surface area contributed by atoms with Crippen molar-refractivity contribution < 1.29 is 9.53 Å². The summed E-state index contributed by atoms with van der Waals surface area (Å²) in [5.41, 5.74) is 0.650. The van der Waals surface area contributed by atoms with E-state index in [1.807, 2.05) is 24.3 Å². The molecule has 0 radical (unpaired) electrons. The summed E-state index contributed by atoms with van der Waals surface area (Å²) in [4.78, 5) is 12.3. The molecule has 3 unspecified atom stereocenters. The standard InChI is InChI=1S/C16H23NO2/c1-5-11(2)14-10-16(14,3)15(18)17-12-6-8-13(19-4)9-7-12/h6-9,11,14H,5,10H2,1-4H3,(H,17,18). The zero-order chi connectivity index (χ0) is 14.0. The maximum atomic E-state index is 12.3. The van der Waals surface area contributed by atoms with E-state index in [0.29, 0.717) is 11.8 Å². The number of hydrogen-bond donors (Lipinski definition) is 1. The molecule has 1 saturated carbocycles. The lowest BCUT2D eigenvalue weighted by molar-refractivity contribution is -0.121. The third kappa shape index (κ3) is 2.75. The quantitative estimate of drug-likeness (QED) is 0.877. The average molecular weight is 261 g/mol. The number of benzene rings is 1. The summed E-state index contributed by atoms with van der Waals surface area (Å²) < 4.78 is 5.10. The summed E-state index contributed by atoms with van der Waals surface area (Å²) in [6.07, 6.45) is 2.14. The number of ether oxygens (including phenoxy) is 1. The Morgan fingerprint density at radius 3 is 2.63 bits per heavy atom. The second-order valence-corrected chi connectivity index (χ2v) is 5.80.